The van der Waals surface area contributed by atoms with E-state index < -0.39 is 0 Å². The van der Waals surface area contributed by atoms with Crippen molar-refractivity contribution in [3.05, 3.63) is 17.8 Å². The molecular weight excluding hydrogens is 322 g/mol. The topological polar surface area (TPSA) is 70.2 Å². The average molecular weight is 345 g/mol. The minimum absolute atomic E-state index is 0.0457. The second kappa shape index (κ2) is 7.03. The van der Waals surface area contributed by atoms with Crippen molar-refractivity contribution >= 4 is 33.3 Å². The monoisotopic (exact) mass is 345 g/mol. The fourth-order valence-electron chi connectivity index (χ4n) is 3.71. The van der Waals surface area contributed by atoms with Gasteiger partial charge in [0, 0.05) is 25.7 Å². The lowest BCUT2D eigenvalue weighted by atomic mass is 9.96. The van der Waals surface area contributed by atoms with Crippen LogP contribution in [-0.4, -0.2) is 48.1 Å². The molecule has 2 aromatic rings. The smallest absolute Gasteiger partial charge is 0.225 e. The predicted molar refractivity (Wildman–Crippen MR) is 96.4 cm³/mol. The van der Waals surface area contributed by atoms with E-state index in [1.165, 1.54) is 0 Å². The van der Waals surface area contributed by atoms with Gasteiger partial charge in [0.1, 0.15) is 17.0 Å². The summed E-state index contributed by atoms with van der Waals surface area (Å²) in [7, 11) is 0. The van der Waals surface area contributed by atoms with Gasteiger partial charge in [-0.15, -0.1) is 11.3 Å². The molecule has 2 atom stereocenters. The molecule has 2 aliphatic rings. The predicted octanol–water partition coefficient (Wildman–Crippen LogP) is 1.78. The SMILES string of the molecule is O=C(NC1CCCNC1)C1CCCN(c2ncnc3sccc23)C1. The molecule has 6 nitrogen and oxygen atoms in total. The van der Waals surface area contributed by atoms with Gasteiger partial charge in [-0.25, -0.2) is 9.97 Å². The first-order valence-corrected chi connectivity index (χ1v) is 9.63. The number of nitrogens with one attached hydrogen (secondary N) is 2. The summed E-state index contributed by atoms with van der Waals surface area (Å²) < 4.78 is 0. The van der Waals surface area contributed by atoms with Gasteiger partial charge in [0.05, 0.1) is 11.3 Å². The number of hydrogen-bond acceptors (Lipinski definition) is 6. The Bertz CT molecular complexity index is 712. The lowest BCUT2D eigenvalue weighted by Crippen LogP contribution is -2.50. The highest BCUT2D eigenvalue weighted by atomic mass is 32.1. The maximum atomic E-state index is 12.7. The summed E-state index contributed by atoms with van der Waals surface area (Å²) in [5, 5.41) is 9.73. The number of nitrogens with zero attached hydrogens (tertiary/aromatic N) is 3. The van der Waals surface area contributed by atoms with E-state index in [1.54, 1.807) is 17.7 Å². The molecule has 0 bridgehead atoms. The number of anilines is 1. The molecular formula is C17H23N5OS. The van der Waals surface area contributed by atoms with Crippen LogP contribution in [0, 0.1) is 5.92 Å². The van der Waals surface area contributed by atoms with Crippen LogP contribution in [0.5, 0.6) is 0 Å². The number of carbonyl (C=O) groups excluding carboxylic acids is 1. The van der Waals surface area contributed by atoms with Crippen LogP contribution in [0.15, 0.2) is 17.8 Å². The first-order valence-electron chi connectivity index (χ1n) is 8.75. The number of amides is 1. The minimum atomic E-state index is 0.0457. The molecule has 2 unspecified atom stereocenters. The van der Waals surface area contributed by atoms with E-state index in [-0.39, 0.29) is 17.9 Å². The molecule has 0 radical (unpaired) electrons. The zero-order valence-corrected chi connectivity index (χ0v) is 14.5. The standard InChI is InChI=1S/C17H23N5OS/c23-16(21-13-4-1-6-18-9-13)12-3-2-7-22(10-12)15-14-5-8-24-17(14)20-11-19-15/h5,8,11-13,18H,1-4,6-7,9-10H2,(H,21,23). The van der Waals surface area contributed by atoms with Crippen LogP contribution in [0.1, 0.15) is 25.7 Å². The number of piperidine rings is 2. The van der Waals surface area contributed by atoms with Gasteiger partial charge in [0.15, 0.2) is 0 Å². The summed E-state index contributed by atoms with van der Waals surface area (Å²) in [6, 6.07) is 2.36. The molecule has 0 spiro atoms. The van der Waals surface area contributed by atoms with Gasteiger partial charge in [0.25, 0.3) is 0 Å². The van der Waals surface area contributed by atoms with E-state index in [1.807, 2.05) is 5.38 Å². The Morgan fingerprint density at radius 1 is 1.33 bits per heavy atom. The van der Waals surface area contributed by atoms with Gasteiger partial charge in [-0.2, -0.15) is 0 Å². The highest BCUT2D eigenvalue weighted by Gasteiger charge is 2.29. The number of aromatic nitrogens is 2. The molecule has 2 fully saturated rings. The van der Waals surface area contributed by atoms with Crippen molar-refractivity contribution in [3.8, 4) is 0 Å². The molecule has 4 heterocycles. The molecule has 0 aromatic carbocycles. The van der Waals surface area contributed by atoms with Crippen LogP contribution in [0.3, 0.4) is 0 Å². The van der Waals surface area contributed by atoms with Crippen molar-refractivity contribution in [3.63, 3.8) is 0 Å². The van der Waals surface area contributed by atoms with Crippen LogP contribution in [0.25, 0.3) is 10.2 Å². The first kappa shape index (κ1) is 15.8. The third-order valence-electron chi connectivity index (χ3n) is 4.98. The molecule has 2 N–H and O–H groups in total. The number of rotatable bonds is 3. The van der Waals surface area contributed by atoms with Crippen molar-refractivity contribution < 1.29 is 4.79 Å². The Balaban J connectivity index is 1.45. The zero-order valence-electron chi connectivity index (χ0n) is 13.7. The summed E-state index contributed by atoms with van der Waals surface area (Å²) in [6.07, 6.45) is 5.83. The largest absolute Gasteiger partial charge is 0.355 e. The van der Waals surface area contributed by atoms with Gasteiger partial charge in [-0.1, -0.05) is 0 Å². The highest BCUT2D eigenvalue weighted by Crippen LogP contribution is 2.30. The van der Waals surface area contributed by atoms with Gasteiger partial charge in [0.2, 0.25) is 5.91 Å². The summed E-state index contributed by atoms with van der Waals surface area (Å²) in [4.78, 5) is 24.7. The highest BCUT2D eigenvalue weighted by molar-refractivity contribution is 7.16. The molecule has 7 heteroatoms. The summed E-state index contributed by atoms with van der Waals surface area (Å²) >= 11 is 1.63. The van der Waals surface area contributed by atoms with Gasteiger partial charge < -0.3 is 15.5 Å². The van der Waals surface area contributed by atoms with E-state index in [2.05, 4.69) is 31.6 Å². The summed E-state index contributed by atoms with van der Waals surface area (Å²) in [6.45, 7) is 3.65. The van der Waals surface area contributed by atoms with Gasteiger partial charge in [-0.3, -0.25) is 4.79 Å². The van der Waals surface area contributed by atoms with Crippen LogP contribution in [0.2, 0.25) is 0 Å². The molecule has 0 saturated carbocycles. The fraction of sp³-hybridized carbons (Fsp3) is 0.588. The van der Waals surface area contributed by atoms with Crippen molar-refractivity contribution in [1.82, 2.24) is 20.6 Å². The van der Waals surface area contributed by atoms with Gasteiger partial charge >= 0.3 is 0 Å². The molecule has 0 aliphatic carbocycles. The van der Waals surface area contributed by atoms with E-state index in [0.29, 0.717) is 0 Å². The van der Waals surface area contributed by atoms with E-state index in [9.17, 15) is 4.79 Å². The maximum absolute atomic E-state index is 12.7. The number of thiophene rings is 1. The quantitative estimate of drug-likeness (QED) is 0.887. The molecule has 2 aromatic heterocycles. The second-order valence-electron chi connectivity index (χ2n) is 6.67. The molecule has 24 heavy (non-hydrogen) atoms. The first-order chi connectivity index (χ1) is 11.8. The van der Waals surface area contributed by atoms with Crippen molar-refractivity contribution in [2.75, 3.05) is 31.1 Å². The number of fused-ring (bicyclic) bond motifs is 1. The molecule has 128 valence electrons. The minimum Gasteiger partial charge on any atom is -0.355 e. The van der Waals surface area contributed by atoms with Crippen molar-refractivity contribution in [1.29, 1.82) is 0 Å². The molecule has 1 amide bonds. The third-order valence-corrected chi connectivity index (χ3v) is 5.80. The summed E-state index contributed by atoms with van der Waals surface area (Å²) in [5.41, 5.74) is 0. The lowest BCUT2D eigenvalue weighted by Gasteiger charge is -2.34. The van der Waals surface area contributed by atoms with E-state index in [4.69, 9.17) is 0 Å². The van der Waals surface area contributed by atoms with Crippen LogP contribution >= 0.6 is 11.3 Å². The van der Waals surface area contributed by atoms with Crippen molar-refractivity contribution in [2.24, 2.45) is 5.92 Å². The van der Waals surface area contributed by atoms with Crippen molar-refractivity contribution in [2.45, 2.75) is 31.7 Å². The normalized spacial score (nSPS) is 24.9. The van der Waals surface area contributed by atoms with Crippen LogP contribution in [-0.2, 0) is 4.79 Å². The Hall–Kier alpha value is -1.73. The van der Waals surface area contributed by atoms with Gasteiger partial charge in [-0.05, 0) is 43.7 Å². The van der Waals surface area contributed by atoms with Crippen LogP contribution < -0.4 is 15.5 Å². The Labute approximate surface area is 145 Å². The number of carbonyl (C=O) groups is 1. The fourth-order valence-corrected chi connectivity index (χ4v) is 4.43. The van der Waals surface area contributed by atoms with E-state index >= 15 is 0 Å². The summed E-state index contributed by atoms with van der Waals surface area (Å²) in [5.74, 6) is 1.21. The van der Waals surface area contributed by atoms with Crippen LogP contribution in [0.4, 0.5) is 5.82 Å². The molecule has 4 rings (SSSR count). The Morgan fingerprint density at radius 2 is 2.29 bits per heavy atom. The zero-order chi connectivity index (χ0) is 16.4. The molecule has 2 saturated heterocycles. The Kier molecular flexibility index (Phi) is 4.62. The average Bonchev–Trinajstić information content (AvgIpc) is 3.11. The Morgan fingerprint density at radius 3 is 3.17 bits per heavy atom. The number of hydrogen-bond donors (Lipinski definition) is 2. The maximum Gasteiger partial charge on any atom is 0.225 e. The lowest BCUT2D eigenvalue weighted by molar-refractivity contribution is -0.126. The second-order valence-corrected chi connectivity index (χ2v) is 7.57. The third kappa shape index (κ3) is 3.23. The van der Waals surface area contributed by atoms with E-state index in [0.717, 1.165) is 67.9 Å². The molecule has 2 aliphatic heterocycles.